The van der Waals surface area contributed by atoms with Crippen molar-refractivity contribution in [2.45, 2.75) is 39.0 Å². The second-order valence-corrected chi connectivity index (χ2v) is 8.61. The smallest absolute Gasteiger partial charge is 0.295 e. The van der Waals surface area contributed by atoms with Gasteiger partial charge in [0.25, 0.3) is 11.7 Å². The second kappa shape index (κ2) is 10.5. The van der Waals surface area contributed by atoms with Crippen molar-refractivity contribution in [2.24, 2.45) is 0 Å². The predicted octanol–water partition coefficient (Wildman–Crippen LogP) is 4.19. The summed E-state index contributed by atoms with van der Waals surface area (Å²) in [5, 5.41) is 11.2. The molecule has 182 valence electrons. The van der Waals surface area contributed by atoms with Crippen LogP contribution < -0.4 is 9.47 Å². The Hall–Kier alpha value is -4.07. The van der Waals surface area contributed by atoms with Gasteiger partial charge in [-0.3, -0.25) is 9.59 Å². The number of carbonyl (C=O) groups is 2. The van der Waals surface area contributed by atoms with Gasteiger partial charge in [0.2, 0.25) is 0 Å². The normalized spacial score (nSPS) is 17.3. The average Bonchev–Trinajstić information content (AvgIpc) is 3.46. The number of aliphatic hydroxyl groups is 1. The number of nitrogens with zero attached hydrogens (tertiary/aromatic N) is 3. The Kier molecular flexibility index (Phi) is 7.19. The minimum Gasteiger partial charge on any atom is -0.507 e. The molecule has 8 nitrogen and oxygen atoms in total. The molecule has 3 aromatic rings. The minimum atomic E-state index is -0.713. The number of hydrogen-bond acceptors (Lipinski definition) is 6. The SMILES string of the molecule is COc1ccc(C2/C(=C(/O)c3ccc(OC(C)C)cc3)C(=O)C(=O)N2CCCn2ccnc2)cc1. The Balaban J connectivity index is 1.69. The summed E-state index contributed by atoms with van der Waals surface area (Å²) in [7, 11) is 1.57. The summed E-state index contributed by atoms with van der Waals surface area (Å²) in [6, 6.07) is 13.3. The van der Waals surface area contributed by atoms with E-state index in [0.717, 1.165) is 0 Å². The number of ether oxygens (including phenoxy) is 2. The highest BCUT2D eigenvalue weighted by Crippen LogP contribution is 2.40. The minimum absolute atomic E-state index is 0.0113. The summed E-state index contributed by atoms with van der Waals surface area (Å²) < 4.78 is 12.8. The van der Waals surface area contributed by atoms with Crippen LogP contribution in [-0.2, 0) is 16.1 Å². The van der Waals surface area contributed by atoms with Crippen molar-refractivity contribution in [1.29, 1.82) is 0 Å². The van der Waals surface area contributed by atoms with Gasteiger partial charge in [-0.15, -0.1) is 0 Å². The van der Waals surface area contributed by atoms with E-state index in [9.17, 15) is 14.7 Å². The van der Waals surface area contributed by atoms with Gasteiger partial charge in [-0.1, -0.05) is 12.1 Å². The molecule has 8 heteroatoms. The van der Waals surface area contributed by atoms with Crippen LogP contribution in [0.3, 0.4) is 0 Å². The summed E-state index contributed by atoms with van der Waals surface area (Å²) in [4.78, 5) is 31.8. The van der Waals surface area contributed by atoms with E-state index < -0.39 is 17.7 Å². The number of ketones is 1. The molecule has 1 saturated heterocycles. The van der Waals surface area contributed by atoms with Crippen molar-refractivity contribution in [3.63, 3.8) is 0 Å². The highest BCUT2D eigenvalue weighted by atomic mass is 16.5. The number of aromatic nitrogens is 2. The largest absolute Gasteiger partial charge is 0.507 e. The topological polar surface area (TPSA) is 93.9 Å². The van der Waals surface area contributed by atoms with Crippen molar-refractivity contribution >= 4 is 17.4 Å². The molecule has 1 aliphatic heterocycles. The molecule has 2 aromatic carbocycles. The molecule has 0 aliphatic carbocycles. The number of aliphatic hydroxyl groups excluding tert-OH is 1. The Morgan fingerprint density at radius 1 is 1.03 bits per heavy atom. The first-order valence-electron chi connectivity index (χ1n) is 11.5. The molecule has 0 spiro atoms. The third kappa shape index (κ3) is 5.21. The predicted molar refractivity (Wildman–Crippen MR) is 131 cm³/mol. The van der Waals surface area contributed by atoms with Gasteiger partial charge in [-0.25, -0.2) is 4.98 Å². The lowest BCUT2D eigenvalue weighted by molar-refractivity contribution is -0.139. The van der Waals surface area contributed by atoms with Gasteiger partial charge in [0.15, 0.2) is 0 Å². The molecule has 1 amide bonds. The maximum Gasteiger partial charge on any atom is 0.295 e. The number of carbonyl (C=O) groups excluding carboxylic acids is 2. The van der Waals surface area contributed by atoms with Crippen LogP contribution >= 0.6 is 0 Å². The molecule has 4 rings (SSSR count). The van der Waals surface area contributed by atoms with Crippen LogP contribution in [-0.4, -0.2) is 51.0 Å². The van der Waals surface area contributed by atoms with Gasteiger partial charge in [0.1, 0.15) is 17.3 Å². The quantitative estimate of drug-likeness (QED) is 0.283. The van der Waals surface area contributed by atoms with E-state index in [1.165, 1.54) is 4.90 Å². The highest BCUT2D eigenvalue weighted by molar-refractivity contribution is 6.46. The van der Waals surface area contributed by atoms with E-state index in [1.807, 2.05) is 36.7 Å². The lowest BCUT2D eigenvalue weighted by atomic mass is 9.95. The monoisotopic (exact) mass is 475 g/mol. The fourth-order valence-electron chi connectivity index (χ4n) is 4.21. The van der Waals surface area contributed by atoms with Crippen LogP contribution in [0.4, 0.5) is 0 Å². The summed E-state index contributed by atoms with van der Waals surface area (Å²) in [6.45, 7) is 4.85. The third-order valence-electron chi connectivity index (χ3n) is 5.85. The first kappa shape index (κ1) is 24.1. The molecular weight excluding hydrogens is 446 g/mol. The summed E-state index contributed by atoms with van der Waals surface area (Å²) in [6.07, 6.45) is 5.89. The molecule has 1 atom stereocenters. The van der Waals surface area contributed by atoms with Crippen LogP contribution in [0.5, 0.6) is 11.5 Å². The van der Waals surface area contributed by atoms with Crippen molar-refractivity contribution in [3.8, 4) is 11.5 Å². The van der Waals surface area contributed by atoms with E-state index in [-0.39, 0.29) is 17.4 Å². The number of amides is 1. The molecule has 2 heterocycles. The number of Topliss-reactive ketones (excluding diaryl/α,β-unsaturated/α-hetero) is 1. The van der Waals surface area contributed by atoms with E-state index in [4.69, 9.17) is 9.47 Å². The first-order chi connectivity index (χ1) is 16.9. The molecule has 35 heavy (non-hydrogen) atoms. The van der Waals surface area contributed by atoms with Gasteiger partial charge in [-0.2, -0.15) is 0 Å². The van der Waals surface area contributed by atoms with Gasteiger partial charge in [-0.05, 0) is 62.2 Å². The van der Waals surface area contributed by atoms with Crippen LogP contribution in [0, 0.1) is 0 Å². The van der Waals surface area contributed by atoms with Crippen LogP contribution in [0.1, 0.15) is 37.4 Å². The number of imidazole rings is 1. The van der Waals surface area contributed by atoms with Gasteiger partial charge in [0, 0.05) is 31.0 Å². The number of benzene rings is 2. The van der Waals surface area contributed by atoms with Crippen LogP contribution in [0.25, 0.3) is 5.76 Å². The zero-order valence-corrected chi connectivity index (χ0v) is 20.0. The average molecular weight is 476 g/mol. The number of methoxy groups -OCH3 is 1. The van der Waals surface area contributed by atoms with Crippen molar-refractivity contribution in [3.05, 3.63) is 84.0 Å². The number of rotatable bonds is 9. The first-order valence-corrected chi connectivity index (χ1v) is 11.5. The molecule has 1 N–H and O–H groups in total. The maximum absolute atomic E-state index is 13.2. The van der Waals surface area contributed by atoms with E-state index in [2.05, 4.69) is 4.98 Å². The molecule has 0 radical (unpaired) electrons. The number of likely N-dealkylation sites (tertiary alicyclic amines) is 1. The molecule has 1 fully saturated rings. The van der Waals surface area contributed by atoms with Gasteiger partial charge < -0.3 is 24.0 Å². The lowest BCUT2D eigenvalue weighted by Crippen LogP contribution is -2.31. The maximum atomic E-state index is 13.2. The van der Waals surface area contributed by atoms with E-state index in [0.29, 0.717) is 42.1 Å². The summed E-state index contributed by atoms with van der Waals surface area (Å²) in [5.41, 5.74) is 1.23. The second-order valence-electron chi connectivity index (χ2n) is 8.61. The third-order valence-corrected chi connectivity index (χ3v) is 5.85. The Labute approximate surface area is 204 Å². The van der Waals surface area contributed by atoms with E-state index in [1.54, 1.807) is 56.0 Å². The number of hydrogen-bond donors (Lipinski definition) is 1. The molecule has 1 aromatic heterocycles. The van der Waals surface area contributed by atoms with E-state index >= 15 is 0 Å². The zero-order chi connectivity index (χ0) is 24.9. The fourth-order valence-corrected chi connectivity index (χ4v) is 4.21. The summed E-state index contributed by atoms with van der Waals surface area (Å²) >= 11 is 0. The van der Waals surface area contributed by atoms with Crippen LogP contribution in [0.2, 0.25) is 0 Å². The van der Waals surface area contributed by atoms with Gasteiger partial charge in [0.05, 0.1) is 31.2 Å². The molecular formula is C27H29N3O5. The van der Waals surface area contributed by atoms with Crippen molar-refractivity contribution in [1.82, 2.24) is 14.5 Å². The Bertz CT molecular complexity index is 1200. The molecule has 0 bridgehead atoms. The fraction of sp³-hybridized carbons (Fsp3) is 0.296. The van der Waals surface area contributed by atoms with Crippen molar-refractivity contribution in [2.75, 3.05) is 13.7 Å². The van der Waals surface area contributed by atoms with Crippen molar-refractivity contribution < 1.29 is 24.2 Å². The standard InChI is InChI=1S/C27H29N3O5/c1-18(2)35-22-11-7-20(8-12-22)25(31)23-24(19-5-9-21(34-3)10-6-19)30(27(33)26(23)32)15-4-14-29-16-13-28-17-29/h5-13,16-18,24,31H,4,14-15H2,1-3H3/b25-23-. The van der Waals surface area contributed by atoms with Crippen LogP contribution in [0.15, 0.2) is 72.8 Å². The summed E-state index contributed by atoms with van der Waals surface area (Å²) in [5.74, 6) is -0.224. The zero-order valence-electron chi connectivity index (χ0n) is 20.0. The molecule has 1 aliphatic rings. The van der Waals surface area contributed by atoms with Gasteiger partial charge >= 0.3 is 0 Å². The Morgan fingerprint density at radius 2 is 1.71 bits per heavy atom. The molecule has 0 saturated carbocycles. The lowest BCUT2D eigenvalue weighted by Gasteiger charge is -2.25. The highest BCUT2D eigenvalue weighted by Gasteiger charge is 2.45. The number of aryl methyl sites for hydroxylation is 1. The molecule has 1 unspecified atom stereocenters. The Morgan fingerprint density at radius 3 is 2.31 bits per heavy atom.